The summed E-state index contributed by atoms with van der Waals surface area (Å²) >= 11 is 0. The Labute approximate surface area is 95.2 Å². The molecule has 3 N–H and O–H groups in total. The fourth-order valence-corrected chi connectivity index (χ4v) is 2.56. The fraction of sp³-hybridized carbons (Fsp3) is 0.545. The maximum Gasteiger partial charge on any atom is 0.0779 e. The maximum absolute atomic E-state index is 5.95. The Kier molecular flexibility index (Phi) is 2.41. The van der Waals surface area contributed by atoms with Gasteiger partial charge in [0, 0.05) is 38.9 Å². The zero-order chi connectivity index (χ0) is 11.0. The normalized spacial score (nSPS) is 25.8. The smallest absolute Gasteiger partial charge is 0.0779 e. The summed E-state index contributed by atoms with van der Waals surface area (Å²) in [7, 11) is 0. The first-order valence-electron chi connectivity index (χ1n) is 5.76. The van der Waals surface area contributed by atoms with E-state index >= 15 is 0 Å². The highest BCUT2D eigenvalue weighted by Gasteiger charge is 2.30. The summed E-state index contributed by atoms with van der Waals surface area (Å²) < 4.78 is 0. The number of piperazine rings is 1. The van der Waals surface area contributed by atoms with Gasteiger partial charge in [-0.05, 0) is 6.07 Å². The van der Waals surface area contributed by atoms with Crippen LogP contribution in [0.4, 0.5) is 11.4 Å². The molecule has 86 valence electrons. The van der Waals surface area contributed by atoms with E-state index in [0.717, 1.165) is 37.6 Å². The minimum atomic E-state index is 0.487. The van der Waals surface area contributed by atoms with Crippen molar-refractivity contribution in [1.82, 2.24) is 15.2 Å². The standard InChI is InChI=1S/C11H17N5/c12-9-7-13-2-1-10(9)16-6-5-15-4-3-14-11(15)8-16/h1-2,7,11,14H,3-6,8,12H2. The van der Waals surface area contributed by atoms with E-state index in [1.165, 1.54) is 6.54 Å². The summed E-state index contributed by atoms with van der Waals surface area (Å²) in [6, 6.07) is 2.00. The van der Waals surface area contributed by atoms with Gasteiger partial charge in [0.25, 0.3) is 0 Å². The average Bonchev–Trinajstić information content (AvgIpc) is 2.76. The number of nitrogens with zero attached hydrogens (tertiary/aromatic N) is 3. The first-order chi connectivity index (χ1) is 7.84. The maximum atomic E-state index is 5.95. The quantitative estimate of drug-likeness (QED) is 0.680. The number of pyridine rings is 1. The molecule has 1 atom stereocenters. The number of fused-ring (bicyclic) bond motifs is 1. The van der Waals surface area contributed by atoms with E-state index in [9.17, 15) is 0 Å². The van der Waals surface area contributed by atoms with Crippen molar-refractivity contribution < 1.29 is 0 Å². The lowest BCUT2D eigenvalue weighted by Gasteiger charge is -2.38. The number of anilines is 2. The summed E-state index contributed by atoms with van der Waals surface area (Å²) in [6.07, 6.45) is 4.02. The van der Waals surface area contributed by atoms with Crippen molar-refractivity contribution in [3.05, 3.63) is 18.5 Å². The Morgan fingerprint density at radius 3 is 3.19 bits per heavy atom. The van der Waals surface area contributed by atoms with E-state index in [2.05, 4.69) is 20.1 Å². The predicted molar refractivity (Wildman–Crippen MR) is 64.2 cm³/mol. The van der Waals surface area contributed by atoms with Gasteiger partial charge >= 0.3 is 0 Å². The minimum absolute atomic E-state index is 0.487. The highest BCUT2D eigenvalue weighted by atomic mass is 15.4. The lowest BCUT2D eigenvalue weighted by molar-refractivity contribution is 0.219. The summed E-state index contributed by atoms with van der Waals surface area (Å²) in [6.45, 7) is 5.44. The molecule has 1 aromatic heterocycles. The van der Waals surface area contributed by atoms with Crippen LogP contribution in [0.25, 0.3) is 0 Å². The van der Waals surface area contributed by atoms with Crippen LogP contribution in [-0.4, -0.2) is 48.8 Å². The highest BCUT2D eigenvalue weighted by molar-refractivity contribution is 5.66. The van der Waals surface area contributed by atoms with Crippen LogP contribution in [0.2, 0.25) is 0 Å². The molecule has 0 amide bonds. The molecule has 3 rings (SSSR count). The monoisotopic (exact) mass is 219 g/mol. The van der Waals surface area contributed by atoms with Crippen LogP contribution >= 0.6 is 0 Å². The van der Waals surface area contributed by atoms with Crippen molar-refractivity contribution in [3.8, 4) is 0 Å². The lowest BCUT2D eigenvalue weighted by Crippen LogP contribution is -2.53. The van der Waals surface area contributed by atoms with Crippen LogP contribution in [0, 0.1) is 0 Å². The second-order valence-corrected chi connectivity index (χ2v) is 4.39. The van der Waals surface area contributed by atoms with Crippen molar-refractivity contribution >= 4 is 11.4 Å². The van der Waals surface area contributed by atoms with Crippen molar-refractivity contribution in [2.75, 3.05) is 43.4 Å². The van der Waals surface area contributed by atoms with Crippen LogP contribution < -0.4 is 16.0 Å². The van der Waals surface area contributed by atoms with Crippen molar-refractivity contribution in [2.45, 2.75) is 6.17 Å². The average molecular weight is 219 g/mol. The van der Waals surface area contributed by atoms with Gasteiger partial charge in [-0.3, -0.25) is 15.2 Å². The molecule has 0 radical (unpaired) electrons. The number of hydrogen-bond acceptors (Lipinski definition) is 5. The first kappa shape index (κ1) is 9.86. The predicted octanol–water partition coefficient (Wildman–Crippen LogP) is -0.285. The Morgan fingerprint density at radius 2 is 2.31 bits per heavy atom. The molecule has 0 saturated carbocycles. The molecule has 16 heavy (non-hydrogen) atoms. The number of nitrogens with one attached hydrogen (secondary N) is 1. The van der Waals surface area contributed by atoms with Crippen LogP contribution in [0.3, 0.4) is 0 Å². The molecular weight excluding hydrogens is 202 g/mol. The van der Waals surface area contributed by atoms with Gasteiger partial charge in [-0.25, -0.2) is 0 Å². The number of nitrogens with two attached hydrogens (primary N) is 1. The topological polar surface area (TPSA) is 57.4 Å². The largest absolute Gasteiger partial charge is 0.396 e. The molecule has 0 aliphatic carbocycles. The third-order valence-corrected chi connectivity index (χ3v) is 3.44. The number of nitrogen functional groups attached to an aromatic ring is 1. The summed E-state index contributed by atoms with van der Waals surface area (Å²) in [5, 5.41) is 3.51. The van der Waals surface area contributed by atoms with Gasteiger partial charge < -0.3 is 10.6 Å². The second kappa shape index (κ2) is 3.92. The van der Waals surface area contributed by atoms with Crippen molar-refractivity contribution in [1.29, 1.82) is 0 Å². The van der Waals surface area contributed by atoms with Crippen molar-refractivity contribution in [3.63, 3.8) is 0 Å². The van der Waals surface area contributed by atoms with E-state index in [1.54, 1.807) is 12.4 Å². The minimum Gasteiger partial charge on any atom is -0.396 e. The Bertz CT molecular complexity index is 380. The third kappa shape index (κ3) is 1.62. The Morgan fingerprint density at radius 1 is 1.38 bits per heavy atom. The molecule has 2 aliphatic heterocycles. The van der Waals surface area contributed by atoms with Gasteiger partial charge in [0.05, 0.1) is 23.7 Å². The van der Waals surface area contributed by atoms with Crippen LogP contribution in [0.5, 0.6) is 0 Å². The first-order valence-corrected chi connectivity index (χ1v) is 5.76. The van der Waals surface area contributed by atoms with Gasteiger partial charge in [-0.1, -0.05) is 0 Å². The molecule has 3 heterocycles. The third-order valence-electron chi connectivity index (χ3n) is 3.44. The summed E-state index contributed by atoms with van der Waals surface area (Å²) in [4.78, 5) is 8.87. The lowest BCUT2D eigenvalue weighted by atomic mass is 10.2. The Balaban J connectivity index is 1.79. The van der Waals surface area contributed by atoms with E-state index < -0.39 is 0 Å². The molecule has 1 unspecified atom stereocenters. The van der Waals surface area contributed by atoms with Gasteiger partial charge in [0.1, 0.15) is 0 Å². The van der Waals surface area contributed by atoms with Crippen LogP contribution in [-0.2, 0) is 0 Å². The SMILES string of the molecule is Nc1cnccc1N1CCN2CCNC2C1. The summed E-state index contributed by atoms with van der Waals surface area (Å²) in [5.41, 5.74) is 7.84. The van der Waals surface area contributed by atoms with Crippen molar-refractivity contribution in [2.24, 2.45) is 0 Å². The fourth-order valence-electron chi connectivity index (χ4n) is 2.56. The molecule has 0 spiro atoms. The van der Waals surface area contributed by atoms with Crippen LogP contribution in [0.15, 0.2) is 18.5 Å². The Hall–Kier alpha value is -1.33. The molecule has 2 saturated heterocycles. The molecule has 0 aromatic carbocycles. The molecule has 2 fully saturated rings. The molecule has 2 aliphatic rings. The van der Waals surface area contributed by atoms with E-state index in [1.807, 2.05) is 6.07 Å². The number of hydrogen-bond donors (Lipinski definition) is 2. The number of rotatable bonds is 1. The van der Waals surface area contributed by atoms with Gasteiger partial charge in [0.15, 0.2) is 0 Å². The van der Waals surface area contributed by atoms with E-state index in [4.69, 9.17) is 5.73 Å². The van der Waals surface area contributed by atoms with Gasteiger partial charge in [-0.15, -0.1) is 0 Å². The molecule has 5 nitrogen and oxygen atoms in total. The second-order valence-electron chi connectivity index (χ2n) is 4.39. The molecular formula is C11H17N5. The van der Waals surface area contributed by atoms with E-state index in [0.29, 0.717) is 6.17 Å². The highest BCUT2D eigenvalue weighted by Crippen LogP contribution is 2.24. The van der Waals surface area contributed by atoms with Gasteiger partial charge in [-0.2, -0.15) is 0 Å². The molecule has 5 heteroatoms. The molecule has 1 aromatic rings. The van der Waals surface area contributed by atoms with Crippen LogP contribution in [0.1, 0.15) is 0 Å². The number of aromatic nitrogens is 1. The zero-order valence-corrected chi connectivity index (χ0v) is 9.26. The van der Waals surface area contributed by atoms with E-state index in [-0.39, 0.29) is 0 Å². The summed E-state index contributed by atoms with van der Waals surface area (Å²) in [5.74, 6) is 0. The van der Waals surface area contributed by atoms with Gasteiger partial charge in [0.2, 0.25) is 0 Å². The zero-order valence-electron chi connectivity index (χ0n) is 9.26. The molecule has 0 bridgehead atoms.